The third-order valence-electron chi connectivity index (χ3n) is 5.61. The van der Waals surface area contributed by atoms with Crippen molar-refractivity contribution in [3.63, 3.8) is 0 Å². The number of carbonyl (C=O) groups is 2. The van der Waals surface area contributed by atoms with E-state index in [1.807, 2.05) is 23.1 Å². The third-order valence-corrected chi connectivity index (χ3v) is 5.61. The molecule has 2 aliphatic heterocycles. The molecule has 0 aliphatic carbocycles. The van der Waals surface area contributed by atoms with Crippen LogP contribution in [0.2, 0.25) is 0 Å². The first-order valence-corrected chi connectivity index (χ1v) is 10.4. The first-order chi connectivity index (χ1) is 14.6. The summed E-state index contributed by atoms with van der Waals surface area (Å²) in [5.41, 5.74) is 1.78. The second-order valence-electron chi connectivity index (χ2n) is 7.63. The Bertz CT molecular complexity index is 903. The Morgan fingerprint density at radius 3 is 2.53 bits per heavy atom. The minimum absolute atomic E-state index is 0.0338. The summed E-state index contributed by atoms with van der Waals surface area (Å²) in [5, 5.41) is 0. The largest absolute Gasteiger partial charge is 0.484 e. The number of benzene rings is 2. The minimum Gasteiger partial charge on any atom is -0.484 e. The van der Waals surface area contributed by atoms with E-state index in [1.165, 1.54) is 12.1 Å². The molecule has 2 heterocycles. The Morgan fingerprint density at radius 1 is 0.933 bits per heavy atom. The van der Waals surface area contributed by atoms with Crippen LogP contribution >= 0.6 is 0 Å². The van der Waals surface area contributed by atoms with Gasteiger partial charge in [-0.15, -0.1) is 0 Å². The Morgan fingerprint density at radius 2 is 1.77 bits per heavy atom. The maximum Gasteiger partial charge on any atom is 0.260 e. The van der Waals surface area contributed by atoms with Crippen LogP contribution in [0.5, 0.6) is 5.75 Å². The first kappa shape index (κ1) is 20.2. The zero-order valence-corrected chi connectivity index (χ0v) is 16.9. The molecule has 0 saturated carbocycles. The fourth-order valence-corrected chi connectivity index (χ4v) is 3.98. The Balaban J connectivity index is 1.31. The zero-order chi connectivity index (χ0) is 20.9. The van der Waals surface area contributed by atoms with Gasteiger partial charge in [0.05, 0.1) is 0 Å². The van der Waals surface area contributed by atoms with Gasteiger partial charge in [0.15, 0.2) is 6.61 Å². The fourth-order valence-electron chi connectivity index (χ4n) is 3.98. The van der Waals surface area contributed by atoms with Crippen LogP contribution in [0.1, 0.15) is 19.3 Å². The second kappa shape index (κ2) is 9.15. The lowest BCUT2D eigenvalue weighted by Crippen LogP contribution is -2.38. The molecule has 0 unspecified atom stereocenters. The highest BCUT2D eigenvalue weighted by Crippen LogP contribution is 2.25. The highest BCUT2D eigenvalue weighted by atomic mass is 19.1. The van der Waals surface area contributed by atoms with Gasteiger partial charge >= 0.3 is 0 Å². The second-order valence-corrected chi connectivity index (χ2v) is 7.63. The van der Waals surface area contributed by atoms with Crippen molar-refractivity contribution >= 4 is 23.2 Å². The van der Waals surface area contributed by atoms with Crippen molar-refractivity contribution in [1.82, 2.24) is 4.90 Å². The lowest BCUT2D eigenvalue weighted by molar-refractivity contribution is -0.133. The average Bonchev–Trinajstić information content (AvgIpc) is 3.04. The molecule has 30 heavy (non-hydrogen) atoms. The van der Waals surface area contributed by atoms with Gasteiger partial charge in [0.1, 0.15) is 11.6 Å². The topological polar surface area (TPSA) is 53.1 Å². The van der Waals surface area contributed by atoms with Crippen LogP contribution in [0, 0.1) is 5.82 Å². The van der Waals surface area contributed by atoms with Crippen LogP contribution in [0.25, 0.3) is 0 Å². The van der Waals surface area contributed by atoms with Crippen molar-refractivity contribution in [3.05, 3.63) is 54.3 Å². The van der Waals surface area contributed by atoms with Crippen LogP contribution in [-0.2, 0) is 9.59 Å². The third kappa shape index (κ3) is 4.72. The molecule has 0 N–H and O–H groups in total. The molecule has 0 atom stereocenters. The van der Waals surface area contributed by atoms with Crippen LogP contribution < -0.4 is 14.5 Å². The lowest BCUT2D eigenvalue weighted by Gasteiger charge is -2.24. The number of ether oxygens (including phenoxy) is 1. The van der Waals surface area contributed by atoms with Crippen molar-refractivity contribution in [2.75, 3.05) is 49.1 Å². The zero-order valence-electron chi connectivity index (χ0n) is 16.9. The summed E-state index contributed by atoms with van der Waals surface area (Å²) in [6.07, 6.45) is 2.29. The molecular weight excluding hydrogens is 385 g/mol. The van der Waals surface area contributed by atoms with E-state index in [9.17, 15) is 14.0 Å². The molecule has 158 valence electrons. The predicted octanol–water partition coefficient (Wildman–Crippen LogP) is 3.07. The SMILES string of the molecule is O=C(COc1cccc(N2CCCC2=O)c1)N1CCCN(c2ccc(F)cc2)CC1. The van der Waals surface area contributed by atoms with Crippen molar-refractivity contribution < 1.29 is 18.7 Å². The molecule has 0 bridgehead atoms. The molecule has 7 heteroatoms. The monoisotopic (exact) mass is 411 g/mol. The van der Waals surface area contributed by atoms with Crippen molar-refractivity contribution in [1.29, 1.82) is 0 Å². The quantitative estimate of drug-likeness (QED) is 0.759. The Hall–Kier alpha value is -3.09. The first-order valence-electron chi connectivity index (χ1n) is 10.4. The van der Waals surface area contributed by atoms with Crippen molar-refractivity contribution in [3.8, 4) is 5.75 Å². The van der Waals surface area contributed by atoms with Gasteiger partial charge in [-0.2, -0.15) is 0 Å². The average molecular weight is 411 g/mol. The van der Waals surface area contributed by atoms with Gasteiger partial charge < -0.3 is 19.4 Å². The van der Waals surface area contributed by atoms with Gasteiger partial charge in [-0.3, -0.25) is 9.59 Å². The number of hydrogen-bond donors (Lipinski definition) is 0. The molecule has 6 nitrogen and oxygen atoms in total. The number of anilines is 2. The predicted molar refractivity (Wildman–Crippen MR) is 113 cm³/mol. The van der Waals surface area contributed by atoms with E-state index < -0.39 is 0 Å². The molecule has 2 saturated heterocycles. The summed E-state index contributed by atoms with van der Waals surface area (Å²) in [6.45, 7) is 3.48. The summed E-state index contributed by atoms with van der Waals surface area (Å²) in [7, 11) is 0. The van der Waals surface area contributed by atoms with Gasteiger partial charge in [0.2, 0.25) is 5.91 Å². The van der Waals surface area contributed by atoms with E-state index in [-0.39, 0.29) is 24.2 Å². The van der Waals surface area contributed by atoms with Gasteiger partial charge in [0.25, 0.3) is 5.91 Å². The number of hydrogen-bond acceptors (Lipinski definition) is 4. The van der Waals surface area contributed by atoms with Gasteiger partial charge in [-0.1, -0.05) is 6.07 Å². The minimum atomic E-state index is -0.249. The van der Waals surface area contributed by atoms with Crippen molar-refractivity contribution in [2.24, 2.45) is 0 Å². The number of rotatable bonds is 5. The molecule has 2 amide bonds. The highest BCUT2D eigenvalue weighted by molar-refractivity contribution is 5.95. The van der Waals surface area contributed by atoms with E-state index in [0.717, 1.165) is 37.3 Å². The van der Waals surface area contributed by atoms with E-state index >= 15 is 0 Å². The number of halogens is 1. The van der Waals surface area contributed by atoms with Gasteiger partial charge in [-0.05, 0) is 49.2 Å². The smallest absolute Gasteiger partial charge is 0.260 e. The number of amides is 2. The molecule has 2 aromatic carbocycles. The molecule has 2 aliphatic rings. The van der Waals surface area contributed by atoms with E-state index in [4.69, 9.17) is 4.74 Å². The normalized spacial score (nSPS) is 17.2. The van der Waals surface area contributed by atoms with Crippen molar-refractivity contribution in [2.45, 2.75) is 19.3 Å². The molecular formula is C23H26FN3O3. The summed E-state index contributed by atoms with van der Waals surface area (Å²) in [6, 6.07) is 13.8. The van der Waals surface area contributed by atoms with Crippen LogP contribution in [0.4, 0.5) is 15.8 Å². The standard InChI is InChI=1S/C23H26FN3O3/c24-18-7-9-19(10-8-18)25-11-3-12-26(15-14-25)23(29)17-30-21-5-1-4-20(16-21)27-13-2-6-22(27)28/h1,4-5,7-10,16H,2-3,6,11-15,17H2. The molecule has 2 fully saturated rings. The maximum atomic E-state index is 13.2. The molecule has 0 aromatic heterocycles. The molecule has 0 radical (unpaired) electrons. The Labute approximate surface area is 175 Å². The number of nitrogens with zero attached hydrogens (tertiary/aromatic N) is 3. The van der Waals surface area contributed by atoms with E-state index in [0.29, 0.717) is 31.8 Å². The highest BCUT2D eigenvalue weighted by Gasteiger charge is 2.23. The van der Waals surface area contributed by atoms with E-state index in [1.54, 1.807) is 23.1 Å². The summed E-state index contributed by atoms with van der Waals surface area (Å²) < 4.78 is 18.9. The lowest BCUT2D eigenvalue weighted by atomic mass is 10.2. The van der Waals surface area contributed by atoms with Gasteiger partial charge in [0, 0.05) is 56.6 Å². The fraction of sp³-hybridized carbons (Fsp3) is 0.391. The molecule has 4 rings (SSSR count). The Kier molecular flexibility index (Phi) is 6.16. The van der Waals surface area contributed by atoms with Gasteiger partial charge in [-0.25, -0.2) is 4.39 Å². The number of carbonyl (C=O) groups excluding carboxylic acids is 2. The van der Waals surface area contributed by atoms with Crippen LogP contribution in [-0.4, -0.2) is 56.0 Å². The molecule has 0 spiro atoms. The summed E-state index contributed by atoms with van der Waals surface area (Å²) in [4.78, 5) is 30.4. The maximum absolute atomic E-state index is 13.2. The summed E-state index contributed by atoms with van der Waals surface area (Å²) in [5.74, 6) is 0.404. The van der Waals surface area contributed by atoms with E-state index in [2.05, 4.69) is 4.90 Å². The van der Waals surface area contributed by atoms with Crippen LogP contribution in [0.15, 0.2) is 48.5 Å². The summed E-state index contributed by atoms with van der Waals surface area (Å²) >= 11 is 0. The van der Waals surface area contributed by atoms with Crippen LogP contribution in [0.3, 0.4) is 0 Å². The molecule has 2 aromatic rings.